The second kappa shape index (κ2) is 7.56. The van der Waals surface area contributed by atoms with Crippen molar-refractivity contribution in [3.8, 4) is 11.5 Å². The number of aliphatic hydroxyl groups excluding tert-OH is 1. The Hall–Kier alpha value is -2.00. The minimum absolute atomic E-state index is 0.447. The predicted molar refractivity (Wildman–Crippen MR) is 79.1 cm³/mol. The van der Waals surface area contributed by atoms with Crippen molar-refractivity contribution < 1.29 is 14.6 Å². The fourth-order valence-electron chi connectivity index (χ4n) is 1.94. The van der Waals surface area contributed by atoms with Crippen LogP contribution < -0.4 is 9.47 Å². The van der Waals surface area contributed by atoms with Crippen LogP contribution in [0.1, 0.15) is 25.0 Å². The molecule has 0 aliphatic rings. The van der Waals surface area contributed by atoms with E-state index in [1.54, 1.807) is 0 Å². The molecule has 0 saturated carbocycles. The first-order valence-electron chi connectivity index (χ1n) is 6.89. The fraction of sp³-hybridized carbons (Fsp3) is 0.294. The molecule has 2 aromatic rings. The maximum Gasteiger partial charge on any atom is 0.125 e. The van der Waals surface area contributed by atoms with Crippen molar-refractivity contribution in [3.63, 3.8) is 0 Å². The number of benzene rings is 2. The van der Waals surface area contributed by atoms with E-state index in [1.165, 1.54) is 0 Å². The van der Waals surface area contributed by atoms with Crippen LogP contribution in [-0.2, 0) is 0 Å². The number of hydrogen-bond donors (Lipinski definition) is 1. The largest absolute Gasteiger partial charge is 0.490 e. The molecular weight excluding hydrogens is 252 g/mol. The van der Waals surface area contributed by atoms with Crippen LogP contribution in [0.15, 0.2) is 54.6 Å². The maximum atomic E-state index is 9.93. The monoisotopic (exact) mass is 272 g/mol. The van der Waals surface area contributed by atoms with Gasteiger partial charge in [0.05, 0.1) is 6.10 Å². The molecule has 0 aromatic heterocycles. The predicted octanol–water partition coefficient (Wildman–Crippen LogP) is 3.59. The molecule has 0 bridgehead atoms. The summed E-state index contributed by atoms with van der Waals surface area (Å²) < 4.78 is 11.3. The topological polar surface area (TPSA) is 38.7 Å². The smallest absolute Gasteiger partial charge is 0.125 e. The normalized spacial score (nSPS) is 11.9. The van der Waals surface area contributed by atoms with E-state index < -0.39 is 6.10 Å². The van der Waals surface area contributed by atoms with Crippen LogP contribution in [-0.4, -0.2) is 18.3 Å². The van der Waals surface area contributed by atoms with E-state index in [0.717, 1.165) is 17.1 Å². The van der Waals surface area contributed by atoms with Gasteiger partial charge in [-0.15, -0.1) is 0 Å². The van der Waals surface area contributed by atoms with Gasteiger partial charge in [-0.25, -0.2) is 0 Å². The third-order valence-electron chi connectivity index (χ3n) is 3.02. The summed E-state index contributed by atoms with van der Waals surface area (Å²) in [6, 6.07) is 17.2. The zero-order valence-corrected chi connectivity index (χ0v) is 11.7. The van der Waals surface area contributed by atoms with E-state index in [0.29, 0.717) is 19.6 Å². The van der Waals surface area contributed by atoms with Crippen molar-refractivity contribution in [1.82, 2.24) is 0 Å². The van der Waals surface area contributed by atoms with Crippen LogP contribution in [0.5, 0.6) is 11.5 Å². The summed E-state index contributed by atoms with van der Waals surface area (Å²) in [4.78, 5) is 0. The van der Waals surface area contributed by atoms with Crippen LogP contribution in [0.25, 0.3) is 0 Å². The molecule has 0 unspecified atom stereocenters. The lowest BCUT2D eigenvalue weighted by Crippen LogP contribution is -2.10. The van der Waals surface area contributed by atoms with Crippen LogP contribution in [0, 0.1) is 0 Å². The highest BCUT2D eigenvalue weighted by molar-refractivity contribution is 5.35. The third kappa shape index (κ3) is 4.00. The van der Waals surface area contributed by atoms with Gasteiger partial charge in [-0.3, -0.25) is 0 Å². The highest BCUT2D eigenvalue weighted by atomic mass is 16.5. The Morgan fingerprint density at radius 3 is 2.30 bits per heavy atom. The Bertz CT molecular complexity index is 511. The zero-order chi connectivity index (χ0) is 14.2. The average molecular weight is 272 g/mol. The molecule has 0 radical (unpaired) electrons. The lowest BCUT2D eigenvalue weighted by atomic mass is 10.1. The SMILES string of the molecule is CC[C@@H](O)c1ccccc1OCCOc1ccccc1. The molecule has 3 heteroatoms. The molecular formula is C17H20O3. The van der Waals surface area contributed by atoms with Crippen molar-refractivity contribution in [3.05, 3.63) is 60.2 Å². The molecule has 1 N–H and O–H groups in total. The molecule has 20 heavy (non-hydrogen) atoms. The molecule has 0 heterocycles. The van der Waals surface area contributed by atoms with Crippen LogP contribution in [0.2, 0.25) is 0 Å². The Balaban J connectivity index is 1.85. The van der Waals surface area contributed by atoms with Crippen molar-refractivity contribution in [2.24, 2.45) is 0 Å². The van der Waals surface area contributed by atoms with Gasteiger partial charge in [0.25, 0.3) is 0 Å². The molecule has 0 amide bonds. The van der Waals surface area contributed by atoms with Gasteiger partial charge in [0, 0.05) is 5.56 Å². The van der Waals surface area contributed by atoms with Crippen molar-refractivity contribution in [2.45, 2.75) is 19.4 Å². The Labute approximate surface area is 119 Å². The lowest BCUT2D eigenvalue weighted by molar-refractivity contribution is 0.162. The van der Waals surface area contributed by atoms with E-state index >= 15 is 0 Å². The van der Waals surface area contributed by atoms with E-state index in [-0.39, 0.29) is 0 Å². The van der Waals surface area contributed by atoms with Gasteiger partial charge >= 0.3 is 0 Å². The number of rotatable bonds is 7. The third-order valence-corrected chi connectivity index (χ3v) is 3.02. The van der Waals surface area contributed by atoms with E-state index in [9.17, 15) is 5.11 Å². The maximum absolute atomic E-state index is 9.93. The molecule has 2 aromatic carbocycles. The summed E-state index contributed by atoms with van der Waals surface area (Å²) in [5, 5.41) is 9.93. The van der Waals surface area contributed by atoms with Gasteiger partial charge in [0.15, 0.2) is 0 Å². The van der Waals surface area contributed by atoms with E-state index in [1.807, 2.05) is 61.5 Å². The molecule has 106 valence electrons. The summed E-state index contributed by atoms with van der Waals surface area (Å²) >= 11 is 0. The molecule has 3 nitrogen and oxygen atoms in total. The van der Waals surface area contributed by atoms with Crippen LogP contribution >= 0.6 is 0 Å². The molecule has 1 atom stereocenters. The Kier molecular flexibility index (Phi) is 5.44. The first-order valence-corrected chi connectivity index (χ1v) is 6.89. The van der Waals surface area contributed by atoms with Gasteiger partial charge in [-0.1, -0.05) is 43.3 Å². The summed E-state index contributed by atoms with van der Waals surface area (Å²) in [5.74, 6) is 1.55. The van der Waals surface area contributed by atoms with Crippen LogP contribution in [0.4, 0.5) is 0 Å². The van der Waals surface area contributed by atoms with Crippen LogP contribution in [0.3, 0.4) is 0 Å². The summed E-state index contributed by atoms with van der Waals surface area (Å²) in [5.41, 5.74) is 0.828. The zero-order valence-electron chi connectivity index (χ0n) is 11.7. The standard InChI is InChI=1S/C17H20O3/c1-2-16(18)15-10-6-7-11-17(15)20-13-12-19-14-8-4-3-5-9-14/h3-11,16,18H,2,12-13H2,1H3/t16-/m1/s1. The summed E-state index contributed by atoms with van der Waals surface area (Å²) in [6.07, 6.45) is 0.183. The van der Waals surface area contributed by atoms with E-state index in [4.69, 9.17) is 9.47 Å². The number of para-hydroxylation sites is 2. The Morgan fingerprint density at radius 1 is 0.900 bits per heavy atom. The summed E-state index contributed by atoms with van der Waals surface area (Å²) in [6.45, 7) is 2.86. The summed E-state index contributed by atoms with van der Waals surface area (Å²) in [7, 11) is 0. The first-order chi connectivity index (χ1) is 9.81. The van der Waals surface area contributed by atoms with Crippen molar-refractivity contribution in [2.75, 3.05) is 13.2 Å². The highest BCUT2D eigenvalue weighted by Gasteiger charge is 2.10. The second-order valence-corrected chi connectivity index (χ2v) is 4.47. The van der Waals surface area contributed by atoms with Gasteiger partial charge in [-0.2, -0.15) is 0 Å². The quantitative estimate of drug-likeness (QED) is 0.783. The molecule has 0 spiro atoms. The highest BCUT2D eigenvalue weighted by Crippen LogP contribution is 2.26. The minimum Gasteiger partial charge on any atom is -0.490 e. The molecule has 0 aliphatic carbocycles. The lowest BCUT2D eigenvalue weighted by Gasteiger charge is -2.15. The number of aliphatic hydroxyl groups is 1. The second-order valence-electron chi connectivity index (χ2n) is 4.47. The average Bonchev–Trinajstić information content (AvgIpc) is 2.52. The molecule has 2 rings (SSSR count). The van der Waals surface area contributed by atoms with E-state index in [2.05, 4.69) is 0 Å². The number of ether oxygens (including phenoxy) is 2. The van der Waals surface area contributed by atoms with Gasteiger partial charge in [0.1, 0.15) is 24.7 Å². The van der Waals surface area contributed by atoms with Crippen molar-refractivity contribution >= 4 is 0 Å². The first kappa shape index (κ1) is 14.4. The van der Waals surface area contributed by atoms with Gasteiger partial charge < -0.3 is 14.6 Å². The molecule has 0 fully saturated rings. The number of hydrogen-bond acceptors (Lipinski definition) is 3. The molecule has 0 saturated heterocycles. The minimum atomic E-state index is -0.485. The molecule has 0 aliphatic heterocycles. The van der Waals surface area contributed by atoms with Gasteiger partial charge in [0.2, 0.25) is 0 Å². The van der Waals surface area contributed by atoms with Crippen molar-refractivity contribution in [1.29, 1.82) is 0 Å². The van der Waals surface area contributed by atoms with Gasteiger partial charge in [-0.05, 0) is 24.6 Å². The Morgan fingerprint density at radius 2 is 1.55 bits per heavy atom. The fourth-order valence-corrected chi connectivity index (χ4v) is 1.94.